The number of rotatable bonds is 1. The predicted octanol–water partition coefficient (Wildman–Crippen LogP) is 2.52. The molecule has 1 aliphatic rings. The SMILES string of the molecule is C1=C(c2ccn[nH]2)NSc2ccccc21. The summed E-state index contributed by atoms with van der Waals surface area (Å²) in [5.74, 6) is 0. The highest BCUT2D eigenvalue weighted by molar-refractivity contribution is 7.97. The Bertz CT molecular complexity index is 502. The first-order valence-electron chi connectivity index (χ1n) is 4.67. The highest BCUT2D eigenvalue weighted by atomic mass is 32.2. The zero-order valence-corrected chi connectivity index (χ0v) is 8.71. The number of aromatic amines is 1. The van der Waals surface area contributed by atoms with Crippen LogP contribution >= 0.6 is 11.9 Å². The van der Waals surface area contributed by atoms with Crippen LogP contribution in [0.15, 0.2) is 41.4 Å². The van der Waals surface area contributed by atoms with Gasteiger partial charge < -0.3 is 4.72 Å². The molecule has 3 nitrogen and oxygen atoms in total. The van der Waals surface area contributed by atoms with Gasteiger partial charge >= 0.3 is 0 Å². The lowest BCUT2D eigenvalue weighted by Crippen LogP contribution is -2.07. The van der Waals surface area contributed by atoms with E-state index < -0.39 is 0 Å². The van der Waals surface area contributed by atoms with Gasteiger partial charge in [-0.05, 0) is 35.7 Å². The Labute approximate surface area is 91.7 Å². The van der Waals surface area contributed by atoms with Crippen LogP contribution < -0.4 is 4.72 Å². The van der Waals surface area contributed by atoms with Crippen LogP contribution in [0, 0.1) is 0 Å². The molecule has 0 saturated heterocycles. The largest absolute Gasteiger partial charge is 0.324 e. The Morgan fingerprint density at radius 3 is 2.93 bits per heavy atom. The molecule has 0 unspecified atom stereocenters. The van der Waals surface area contributed by atoms with Gasteiger partial charge in [0, 0.05) is 11.1 Å². The summed E-state index contributed by atoms with van der Waals surface area (Å²) in [6.45, 7) is 0. The van der Waals surface area contributed by atoms with E-state index >= 15 is 0 Å². The number of H-pyrrole nitrogens is 1. The first kappa shape index (κ1) is 8.61. The monoisotopic (exact) mass is 215 g/mol. The summed E-state index contributed by atoms with van der Waals surface area (Å²) >= 11 is 1.63. The van der Waals surface area contributed by atoms with Crippen LogP contribution in [-0.4, -0.2) is 10.2 Å². The van der Waals surface area contributed by atoms with Gasteiger partial charge in [0.15, 0.2) is 0 Å². The number of nitrogens with one attached hydrogen (secondary N) is 2. The van der Waals surface area contributed by atoms with Gasteiger partial charge in [0.25, 0.3) is 0 Å². The van der Waals surface area contributed by atoms with Crippen molar-refractivity contribution in [2.45, 2.75) is 4.90 Å². The number of hydrogen-bond donors (Lipinski definition) is 2. The molecule has 0 radical (unpaired) electrons. The summed E-state index contributed by atoms with van der Waals surface area (Å²) in [6.07, 6.45) is 3.88. The van der Waals surface area contributed by atoms with Crippen molar-refractivity contribution < 1.29 is 0 Å². The van der Waals surface area contributed by atoms with E-state index in [1.165, 1.54) is 10.5 Å². The van der Waals surface area contributed by atoms with Crippen LogP contribution in [0.25, 0.3) is 11.8 Å². The van der Waals surface area contributed by atoms with Crippen LogP contribution in [0.1, 0.15) is 11.3 Å². The average molecular weight is 215 g/mol. The van der Waals surface area contributed by atoms with Gasteiger partial charge in [-0.3, -0.25) is 5.10 Å². The Hall–Kier alpha value is -1.68. The quantitative estimate of drug-likeness (QED) is 0.718. The topological polar surface area (TPSA) is 40.7 Å². The van der Waals surface area contributed by atoms with Gasteiger partial charge in [-0.15, -0.1) is 0 Å². The van der Waals surface area contributed by atoms with E-state index in [0.29, 0.717) is 0 Å². The maximum absolute atomic E-state index is 3.94. The van der Waals surface area contributed by atoms with Gasteiger partial charge in [0.05, 0.1) is 11.4 Å². The van der Waals surface area contributed by atoms with E-state index in [4.69, 9.17) is 0 Å². The average Bonchev–Trinajstić information content (AvgIpc) is 2.82. The minimum Gasteiger partial charge on any atom is -0.324 e. The van der Waals surface area contributed by atoms with Crippen LogP contribution in [0.2, 0.25) is 0 Å². The Morgan fingerprint density at radius 2 is 2.07 bits per heavy atom. The molecule has 74 valence electrons. The van der Waals surface area contributed by atoms with Crippen LogP contribution in [-0.2, 0) is 0 Å². The fourth-order valence-electron chi connectivity index (χ4n) is 1.53. The molecule has 0 amide bonds. The fraction of sp³-hybridized carbons (Fsp3) is 0. The van der Waals surface area contributed by atoms with Crippen molar-refractivity contribution in [2.75, 3.05) is 0 Å². The molecular formula is C11H9N3S. The van der Waals surface area contributed by atoms with E-state index in [2.05, 4.69) is 33.1 Å². The Kier molecular flexibility index (Phi) is 1.99. The number of aromatic nitrogens is 2. The third-order valence-corrected chi connectivity index (χ3v) is 3.19. The third kappa shape index (κ3) is 1.53. The molecule has 2 heterocycles. The summed E-state index contributed by atoms with van der Waals surface area (Å²) in [5, 5.41) is 6.88. The molecule has 0 bridgehead atoms. The van der Waals surface area contributed by atoms with Gasteiger partial charge in [0.2, 0.25) is 0 Å². The number of hydrogen-bond acceptors (Lipinski definition) is 3. The smallest absolute Gasteiger partial charge is 0.0817 e. The number of fused-ring (bicyclic) bond motifs is 1. The second-order valence-corrected chi connectivity index (χ2v) is 4.12. The van der Waals surface area contributed by atoms with Crippen molar-refractivity contribution in [1.29, 1.82) is 0 Å². The van der Waals surface area contributed by atoms with Gasteiger partial charge in [-0.1, -0.05) is 18.2 Å². The molecular weight excluding hydrogens is 206 g/mol. The summed E-state index contributed by atoms with van der Waals surface area (Å²) < 4.78 is 3.28. The fourth-order valence-corrected chi connectivity index (χ4v) is 2.31. The lowest BCUT2D eigenvalue weighted by Gasteiger charge is -2.16. The molecule has 0 atom stereocenters. The second kappa shape index (κ2) is 3.47. The minimum absolute atomic E-state index is 1.01. The molecule has 4 heteroatoms. The molecule has 1 aromatic heterocycles. The Balaban J connectivity index is 2.06. The highest BCUT2D eigenvalue weighted by Gasteiger charge is 2.11. The molecule has 0 saturated carbocycles. The molecule has 0 fully saturated rings. The molecule has 3 rings (SSSR count). The third-order valence-electron chi connectivity index (χ3n) is 2.28. The van der Waals surface area contributed by atoms with E-state index in [1.807, 2.05) is 18.2 Å². The summed E-state index contributed by atoms with van der Waals surface area (Å²) in [7, 11) is 0. The molecule has 2 N–H and O–H groups in total. The lowest BCUT2D eigenvalue weighted by molar-refractivity contribution is 1.07. The molecule has 1 aromatic carbocycles. The lowest BCUT2D eigenvalue weighted by atomic mass is 10.1. The first-order chi connectivity index (χ1) is 7.43. The first-order valence-corrected chi connectivity index (χ1v) is 5.48. The zero-order chi connectivity index (χ0) is 10.1. The van der Waals surface area contributed by atoms with Gasteiger partial charge in [0.1, 0.15) is 0 Å². The minimum atomic E-state index is 1.01. The summed E-state index contributed by atoms with van der Waals surface area (Å²) in [4.78, 5) is 1.25. The van der Waals surface area contributed by atoms with Crippen LogP contribution in [0.4, 0.5) is 0 Å². The summed E-state index contributed by atoms with van der Waals surface area (Å²) in [5.41, 5.74) is 3.32. The number of nitrogens with zero attached hydrogens (tertiary/aromatic N) is 1. The van der Waals surface area contributed by atoms with Crippen molar-refractivity contribution in [3.05, 3.63) is 47.8 Å². The molecule has 0 aliphatic carbocycles. The number of benzene rings is 1. The van der Waals surface area contributed by atoms with E-state index in [1.54, 1.807) is 18.1 Å². The van der Waals surface area contributed by atoms with Crippen LogP contribution in [0.5, 0.6) is 0 Å². The van der Waals surface area contributed by atoms with Crippen molar-refractivity contribution in [3.63, 3.8) is 0 Å². The van der Waals surface area contributed by atoms with Gasteiger partial charge in [-0.2, -0.15) is 5.10 Å². The molecule has 15 heavy (non-hydrogen) atoms. The van der Waals surface area contributed by atoms with Crippen molar-refractivity contribution >= 4 is 23.7 Å². The second-order valence-electron chi connectivity index (χ2n) is 3.27. The maximum Gasteiger partial charge on any atom is 0.0817 e. The van der Waals surface area contributed by atoms with E-state index in [9.17, 15) is 0 Å². The van der Waals surface area contributed by atoms with E-state index in [-0.39, 0.29) is 0 Å². The zero-order valence-electron chi connectivity index (χ0n) is 7.90. The van der Waals surface area contributed by atoms with E-state index in [0.717, 1.165) is 11.4 Å². The highest BCUT2D eigenvalue weighted by Crippen LogP contribution is 2.30. The van der Waals surface area contributed by atoms with Gasteiger partial charge in [-0.25, -0.2) is 0 Å². The van der Waals surface area contributed by atoms with Crippen LogP contribution in [0.3, 0.4) is 0 Å². The Morgan fingerprint density at radius 1 is 1.13 bits per heavy atom. The predicted molar refractivity (Wildman–Crippen MR) is 61.9 cm³/mol. The maximum atomic E-state index is 3.94. The van der Waals surface area contributed by atoms with Crippen molar-refractivity contribution in [2.24, 2.45) is 0 Å². The molecule has 0 spiro atoms. The normalized spacial score (nSPS) is 14.0. The molecule has 1 aliphatic heterocycles. The van der Waals surface area contributed by atoms with Crippen molar-refractivity contribution in [3.8, 4) is 0 Å². The standard InChI is InChI=1S/C11H9N3S/c1-2-4-11-8(3-1)7-10(14-15-11)9-5-6-12-13-9/h1-7,14H,(H,12,13). The van der Waals surface area contributed by atoms with Crippen molar-refractivity contribution in [1.82, 2.24) is 14.9 Å². The summed E-state index contributed by atoms with van der Waals surface area (Å²) in [6, 6.07) is 10.3. The molecule has 2 aromatic rings.